The number of aryl methyl sites for hydroxylation is 1. The van der Waals surface area contributed by atoms with E-state index in [9.17, 15) is 0 Å². The molecule has 1 aliphatic carbocycles. The predicted molar refractivity (Wildman–Crippen MR) is 76.4 cm³/mol. The predicted octanol–water partition coefficient (Wildman–Crippen LogP) is 4.20. The maximum atomic E-state index is 6.02. The Kier molecular flexibility index (Phi) is 4.13. The summed E-state index contributed by atoms with van der Waals surface area (Å²) >= 11 is 3.45. The topological polar surface area (TPSA) is 9.23 Å². The van der Waals surface area contributed by atoms with Crippen LogP contribution in [0.15, 0.2) is 6.07 Å². The first-order valence-electron chi connectivity index (χ1n) is 6.44. The van der Waals surface area contributed by atoms with Crippen LogP contribution in [-0.2, 0) is 12.8 Å². The molecule has 0 heterocycles. The van der Waals surface area contributed by atoms with Crippen molar-refractivity contribution in [2.24, 2.45) is 5.92 Å². The van der Waals surface area contributed by atoms with Crippen molar-refractivity contribution in [1.29, 1.82) is 0 Å². The summed E-state index contributed by atoms with van der Waals surface area (Å²) in [5.74, 6) is 1.94. The minimum Gasteiger partial charge on any atom is -0.493 e. The highest BCUT2D eigenvalue weighted by molar-refractivity contribution is 9.09. The van der Waals surface area contributed by atoms with E-state index in [1.807, 2.05) is 0 Å². The summed E-state index contributed by atoms with van der Waals surface area (Å²) in [5.41, 5.74) is 5.67. The van der Waals surface area contributed by atoms with E-state index in [0.717, 1.165) is 24.3 Å². The quantitative estimate of drug-likeness (QED) is 0.598. The van der Waals surface area contributed by atoms with E-state index >= 15 is 0 Å². The molecule has 0 aromatic heterocycles. The molecule has 2 heteroatoms. The number of benzene rings is 1. The van der Waals surface area contributed by atoms with Gasteiger partial charge in [-0.2, -0.15) is 0 Å². The van der Waals surface area contributed by atoms with Crippen molar-refractivity contribution in [3.05, 3.63) is 28.3 Å². The Hall–Kier alpha value is -0.500. The monoisotopic (exact) mass is 296 g/mol. The molecule has 1 nitrogen and oxygen atoms in total. The first kappa shape index (κ1) is 12.9. The average Bonchev–Trinajstić information content (AvgIpc) is 2.64. The molecule has 0 amide bonds. The van der Waals surface area contributed by atoms with Crippen LogP contribution in [-0.4, -0.2) is 11.9 Å². The molecule has 0 saturated heterocycles. The van der Waals surface area contributed by atoms with Gasteiger partial charge in [-0.15, -0.1) is 0 Å². The summed E-state index contributed by atoms with van der Waals surface area (Å²) in [4.78, 5) is 0. The van der Waals surface area contributed by atoms with Crippen molar-refractivity contribution in [3.63, 3.8) is 0 Å². The minimum atomic E-state index is 0.768. The molecule has 1 unspecified atom stereocenters. The first-order chi connectivity index (χ1) is 8.13. The van der Waals surface area contributed by atoms with E-state index in [0.29, 0.717) is 0 Å². The first-order valence-corrected chi connectivity index (χ1v) is 7.56. The Labute approximate surface area is 113 Å². The van der Waals surface area contributed by atoms with Crippen LogP contribution in [0.25, 0.3) is 0 Å². The molecule has 1 aliphatic rings. The fourth-order valence-electron chi connectivity index (χ4n) is 2.63. The van der Waals surface area contributed by atoms with E-state index in [4.69, 9.17) is 4.74 Å². The molecule has 17 heavy (non-hydrogen) atoms. The SMILES string of the molecule is Cc1cc2c(c(OCCCBr)c1C)CC(C)C2. The molecule has 1 atom stereocenters. The third-order valence-corrected chi connectivity index (χ3v) is 4.19. The van der Waals surface area contributed by atoms with Crippen molar-refractivity contribution < 1.29 is 4.74 Å². The zero-order chi connectivity index (χ0) is 12.4. The highest BCUT2D eigenvalue weighted by Gasteiger charge is 2.23. The Bertz CT molecular complexity index is 412. The van der Waals surface area contributed by atoms with Crippen LogP contribution in [0.4, 0.5) is 0 Å². The summed E-state index contributed by atoms with van der Waals surface area (Å²) in [6.07, 6.45) is 3.46. The number of rotatable bonds is 4. The van der Waals surface area contributed by atoms with Crippen molar-refractivity contribution >= 4 is 15.9 Å². The van der Waals surface area contributed by atoms with Crippen LogP contribution >= 0.6 is 15.9 Å². The second kappa shape index (κ2) is 5.43. The number of fused-ring (bicyclic) bond motifs is 1. The third-order valence-electron chi connectivity index (χ3n) is 3.63. The van der Waals surface area contributed by atoms with Crippen molar-refractivity contribution in [3.8, 4) is 5.75 Å². The zero-order valence-corrected chi connectivity index (χ0v) is 12.6. The fraction of sp³-hybridized carbons (Fsp3) is 0.600. The van der Waals surface area contributed by atoms with Crippen LogP contribution < -0.4 is 4.74 Å². The summed E-state index contributed by atoms with van der Waals surface area (Å²) in [6, 6.07) is 2.35. The van der Waals surface area contributed by atoms with Gasteiger partial charge in [0, 0.05) is 5.33 Å². The molecule has 1 aromatic carbocycles. The molecule has 1 aromatic rings. The van der Waals surface area contributed by atoms with Crippen LogP contribution in [0, 0.1) is 19.8 Å². The minimum absolute atomic E-state index is 0.768. The molecule has 2 rings (SSSR count). The van der Waals surface area contributed by atoms with Crippen molar-refractivity contribution in [2.75, 3.05) is 11.9 Å². The van der Waals surface area contributed by atoms with Gasteiger partial charge < -0.3 is 4.74 Å². The molecular weight excluding hydrogens is 276 g/mol. The molecule has 94 valence electrons. The smallest absolute Gasteiger partial charge is 0.125 e. The Morgan fingerprint density at radius 1 is 1.35 bits per heavy atom. The number of hydrogen-bond acceptors (Lipinski definition) is 1. The van der Waals surface area contributed by atoms with Crippen LogP contribution in [0.3, 0.4) is 0 Å². The molecule has 0 bridgehead atoms. The van der Waals surface area contributed by atoms with Gasteiger partial charge in [-0.1, -0.05) is 28.9 Å². The van der Waals surface area contributed by atoms with E-state index < -0.39 is 0 Å². The highest BCUT2D eigenvalue weighted by Crippen LogP contribution is 2.37. The van der Waals surface area contributed by atoms with Crippen LogP contribution in [0.5, 0.6) is 5.75 Å². The molecule has 0 spiro atoms. The largest absolute Gasteiger partial charge is 0.493 e. The Morgan fingerprint density at radius 2 is 2.12 bits per heavy atom. The van der Waals surface area contributed by atoms with Gasteiger partial charge in [0.15, 0.2) is 0 Å². The standard InChI is InChI=1S/C15H21BrO/c1-10-7-13-9-11(2)12(3)15(14(13)8-10)17-6-4-5-16/h9-10H,4-8H2,1-3H3. The van der Waals surface area contributed by atoms with Gasteiger partial charge in [-0.3, -0.25) is 0 Å². The molecular formula is C15H21BrO. The number of halogens is 1. The summed E-state index contributed by atoms with van der Waals surface area (Å²) in [5, 5.41) is 1.01. The normalized spacial score (nSPS) is 18.2. The summed E-state index contributed by atoms with van der Waals surface area (Å²) < 4.78 is 6.02. The molecule has 0 saturated carbocycles. The Morgan fingerprint density at radius 3 is 2.82 bits per heavy atom. The maximum absolute atomic E-state index is 6.02. The Balaban J connectivity index is 2.29. The number of hydrogen-bond donors (Lipinski definition) is 0. The van der Waals surface area contributed by atoms with Gasteiger partial charge in [0.1, 0.15) is 5.75 Å². The second-order valence-corrected chi connectivity index (χ2v) is 5.98. The molecule has 0 radical (unpaired) electrons. The third kappa shape index (κ3) is 2.67. The van der Waals surface area contributed by atoms with E-state index in [-0.39, 0.29) is 0 Å². The van der Waals surface area contributed by atoms with Gasteiger partial charge >= 0.3 is 0 Å². The second-order valence-electron chi connectivity index (χ2n) is 5.19. The summed E-state index contributed by atoms with van der Waals surface area (Å²) in [6.45, 7) is 7.52. The maximum Gasteiger partial charge on any atom is 0.125 e. The van der Waals surface area contributed by atoms with Gasteiger partial charge in [0.05, 0.1) is 6.61 Å². The fourth-order valence-corrected chi connectivity index (χ4v) is 2.86. The molecule has 0 fully saturated rings. The lowest BCUT2D eigenvalue weighted by molar-refractivity contribution is 0.313. The van der Waals surface area contributed by atoms with E-state index in [2.05, 4.69) is 42.8 Å². The zero-order valence-electron chi connectivity index (χ0n) is 11.0. The number of ether oxygens (including phenoxy) is 1. The lowest BCUT2D eigenvalue weighted by Crippen LogP contribution is -2.04. The summed E-state index contributed by atoms with van der Waals surface area (Å²) in [7, 11) is 0. The van der Waals surface area contributed by atoms with Gasteiger partial charge in [-0.25, -0.2) is 0 Å². The van der Waals surface area contributed by atoms with E-state index in [1.165, 1.54) is 40.8 Å². The van der Waals surface area contributed by atoms with Crippen molar-refractivity contribution in [2.45, 2.75) is 40.0 Å². The molecule has 0 N–H and O–H groups in total. The lowest BCUT2D eigenvalue weighted by atomic mass is 10.0. The average molecular weight is 297 g/mol. The lowest BCUT2D eigenvalue weighted by Gasteiger charge is -2.15. The van der Waals surface area contributed by atoms with Gasteiger partial charge in [-0.05, 0) is 61.3 Å². The van der Waals surface area contributed by atoms with E-state index in [1.54, 1.807) is 0 Å². The van der Waals surface area contributed by atoms with Crippen molar-refractivity contribution in [1.82, 2.24) is 0 Å². The van der Waals surface area contributed by atoms with Crippen LogP contribution in [0.2, 0.25) is 0 Å². The number of alkyl halides is 1. The van der Waals surface area contributed by atoms with Crippen LogP contribution in [0.1, 0.15) is 35.6 Å². The van der Waals surface area contributed by atoms with Gasteiger partial charge in [0.2, 0.25) is 0 Å². The van der Waals surface area contributed by atoms with Gasteiger partial charge in [0.25, 0.3) is 0 Å². The highest BCUT2D eigenvalue weighted by atomic mass is 79.9. The molecule has 0 aliphatic heterocycles.